The molecule has 0 aliphatic carbocycles. The van der Waals surface area contributed by atoms with E-state index in [4.69, 9.17) is 0 Å². The van der Waals surface area contributed by atoms with E-state index in [0.717, 1.165) is 11.5 Å². The molecule has 0 radical (unpaired) electrons. The Morgan fingerprint density at radius 2 is 1.96 bits per heavy atom. The lowest BCUT2D eigenvalue weighted by Crippen LogP contribution is -2.32. The zero-order valence-corrected chi connectivity index (χ0v) is 13.8. The van der Waals surface area contributed by atoms with Crippen molar-refractivity contribution in [3.8, 4) is 5.88 Å². The number of alkyl halides is 4. The Bertz CT molecular complexity index is 860. The zero-order valence-electron chi connectivity index (χ0n) is 13.8. The maximum absolute atomic E-state index is 13.3. The average molecular weight is 372 g/mol. The summed E-state index contributed by atoms with van der Waals surface area (Å²) in [5.41, 5.74) is 0.0248. The summed E-state index contributed by atoms with van der Waals surface area (Å²) in [4.78, 5) is 25.6. The van der Waals surface area contributed by atoms with E-state index < -0.39 is 36.6 Å². The Hall–Kier alpha value is -2.58. The standard InChI is InChI=1S/C17H16F4N2O3/c1-10(24)15-12-4-2-3-5-13(12)23(16(15)26-17(19,20)21)9-14(25)22-7-6-11(18)8-22/h2-5,11H,6-9H2,1H3. The highest BCUT2D eigenvalue weighted by molar-refractivity contribution is 6.10. The lowest BCUT2D eigenvalue weighted by molar-refractivity contribution is -0.277. The van der Waals surface area contributed by atoms with Gasteiger partial charge in [0, 0.05) is 11.9 Å². The fourth-order valence-corrected chi connectivity index (χ4v) is 3.17. The summed E-state index contributed by atoms with van der Waals surface area (Å²) in [7, 11) is 0. The smallest absolute Gasteiger partial charge is 0.389 e. The van der Waals surface area contributed by atoms with Gasteiger partial charge in [-0.3, -0.25) is 9.59 Å². The Morgan fingerprint density at radius 3 is 2.54 bits per heavy atom. The van der Waals surface area contributed by atoms with Crippen LogP contribution in [0.2, 0.25) is 0 Å². The number of halogens is 4. The number of carbonyl (C=O) groups excluding carboxylic acids is 2. The summed E-state index contributed by atoms with van der Waals surface area (Å²) in [6.45, 7) is 0.762. The van der Waals surface area contributed by atoms with Crippen molar-refractivity contribution in [2.24, 2.45) is 0 Å². The Morgan fingerprint density at radius 1 is 1.27 bits per heavy atom. The maximum Gasteiger partial charge on any atom is 0.574 e. The fourth-order valence-electron chi connectivity index (χ4n) is 3.17. The molecule has 0 N–H and O–H groups in total. The number of aromatic nitrogens is 1. The lowest BCUT2D eigenvalue weighted by atomic mass is 10.1. The van der Waals surface area contributed by atoms with Crippen molar-refractivity contribution in [2.45, 2.75) is 32.4 Å². The molecular formula is C17H16F4N2O3. The van der Waals surface area contributed by atoms with E-state index in [9.17, 15) is 27.2 Å². The van der Waals surface area contributed by atoms with E-state index in [2.05, 4.69) is 4.74 Å². The van der Waals surface area contributed by atoms with Crippen molar-refractivity contribution < 1.29 is 31.9 Å². The van der Waals surface area contributed by atoms with Crippen LogP contribution in [-0.2, 0) is 11.3 Å². The van der Waals surface area contributed by atoms with Crippen LogP contribution in [0.4, 0.5) is 17.6 Å². The highest BCUT2D eigenvalue weighted by atomic mass is 19.4. The number of para-hydroxylation sites is 1. The van der Waals surface area contributed by atoms with Gasteiger partial charge in [-0.15, -0.1) is 13.2 Å². The number of benzene rings is 1. The number of Topliss-reactive ketones (excluding diaryl/α,β-unsaturated/α-hetero) is 1. The molecule has 1 aromatic carbocycles. The quantitative estimate of drug-likeness (QED) is 0.611. The molecule has 9 heteroatoms. The van der Waals surface area contributed by atoms with Crippen LogP contribution < -0.4 is 4.74 Å². The normalized spacial score (nSPS) is 17.7. The molecule has 140 valence electrons. The van der Waals surface area contributed by atoms with Crippen LogP contribution in [-0.4, -0.2) is 46.8 Å². The third-order valence-electron chi connectivity index (χ3n) is 4.26. The number of rotatable bonds is 4. The third kappa shape index (κ3) is 3.51. The third-order valence-corrected chi connectivity index (χ3v) is 4.26. The molecule has 1 atom stereocenters. The van der Waals surface area contributed by atoms with E-state index in [0.29, 0.717) is 0 Å². The average Bonchev–Trinajstić information content (AvgIpc) is 3.08. The molecule has 1 amide bonds. The van der Waals surface area contributed by atoms with Crippen molar-refractivity contribution in [2.75, 3.05) is 13.1 Å². The number of hydrogen-bond donors (Lipinski definition) is 0. The fraction of sp³-hybridized carbons (Fsp3) is 0.412. The number of amides is 1. The molecule has 1 aliphatic heterocycles. The second kappa shape index (κ2) is 6.62. The summed E-state index contributed by atoms with van der Waals surface area (Å²) in [6, 6.07) is 6.15. The number of carbonyl (C=O) groups is 2. The molecule has 26 heavy (non-hydrogen) atoms. The first kappa shape index (κ1) is 18.2. The number of likely N-dealkylation sites (tertiary alicyclic amines) is 1. The summed E-state index contributed by atoms with van der Waals surface area (Å²) in [6.07, 6.45) is -5.97. The van der Waals surface area contributed by atoms with Crippen LogP contribution in [0.15, 0.2) is 24.3 Å². The molecule has 2 heterocycles. The molecule has 1 aliphatic rings. The lowest BCUT2D eigenvalue weighted by Gasteiger charge is -2.18. The second-order valence-electron chi connectivity index (χ2n) is 6.11. The minimum absolute atomic E-state index is 0.0902. The van der Waals surface area contributed by atoms with Crippen molar-refractivity contribution in [3.63, 3.8) is 0 Å². The zero-order chi connectivity index (χ0) is 19.1. The van der Waals surface area contributed by atoms with Crippen LogP contribution in [0.25, 0.3) is 10.9 Å². The van der Waals surface area contributed by atoms with E-state index in [1.165, 1.54) is 17.0 Å². The molecule has 5 nitrogen and oxygen atoms in total. The second-order valence-corrected chi connectivity index (χ2v) is 6.11. The Labute approximate surface area is 146 Å². The maximum atomic E-state index is 13.3. The van der Waals surface area contributed by atoms with Crippen LogP contribution in [0.3, 0.4) is 0 Å². The molecule has 1 saturated heterocycles. The van der Waals surface area contributed by atoms with Crippen LogP contribution in [0.1, 0.15) is 23.7 Å². The van der Waals surface area contributed by atoms with Gasteiger partial charge in [-0.05, 0) is 19.4 Å². The van der Waals surface area contributed by atoms with Gasteiger partial charge in [0.2, 0.25) is 11.8 Å². The predicted molar refractivity (Wildman–Crippen MR) is 84.7 cm³/mol. The molecule has 0 spiro atoms. The minimum Gasteiger partial charge on any atom is -0.389 e. The van der Waals surface area contributed by atoms with E-state index >= 15 is 0 Å². The molecule has 1 aromatic heterocycles. The summed E-state index contributed by atoms with van der Waals surface area (Å²) in [5.74, 6) is -1.87. The SMILES string of the molecule is CC(=O)c1c(OC(F)(F)F)n(CC(=O)N2CCC(F)C2)c2ccccc12. The first-order chi connectivity index (χ1) is 12.2. The van der Waals surface area contributed by atoms with Gasteiger partial charge in [0.25, 0.3) is 0 Å². The molecule has 3 rings (SSSR count). The number of ether oxygens (including phenoxy) is 1. The highest BCUT2D eigenvalue weighted by Gasteiger charge is 2.36. The topological polar surface area (TPSA) is 51.5 Å². The highest BCUT2D eigenvalue weighted by Crippen LogP contribution is 2.36. The van der Waals surface area contributed by atoms with Gasteiger partial charge in [-0.25, -0.2) is 4.39 Å². The van der Waals surface area contributed by atoms with E-state index in [1.807, 2.05) is 0 Å². The van der Waals surface area contributed by atoms with Crippen LogP contribution in [0, 0.1) is 0 Å². The summed E-state index contributed by atoms with van der Waals surface area (Å²) >= 11 is 0. The predicted octanol–water partition coefficient (Wildman–Crippen LogP) is 3.31. The molecular weight excluding hydrogens is 356 g/mol. The van der Waals surface area contributed by atoms with Gasteiger partial charge in [-0.1, -0.05) is 18.2 Å². The molecule has 1 fully saturated rings. The molecule has 0 bridgehead atoms. The molecule has 1 unspecified atom stereocenters. The van der Waals surface area contributed by atoms with Crippen molar-refractivity contribution in [3.05, 3.63) is 29.8 Å². The van der Waals surface area contributed by atoms with Gasteiger partial charge in [0.1, 0.15) is 12.7 Å². The first-order valence-corrected chi connectivity index (χ1v) is 7.97. The van der Waals surface area contributed by atoms with Gasteiger partial charge in [0.05, 0.1) is 17.6 Å². The molecule has 0 saturated carbocycles. The van der Waals surface area contributed by atoms with Crippen LogP contribution in [0.5, 0.6) is 5.88 Å². The minimum atomic E-state index is -5.03. The van der Waals surface area contributed by atoms with Gasteiger partial charge in [-0.2, -0.15) is 0 Å². The van der Waals surface area contributed by atoms with Crippen molar-refractivity contribution >= 4 is 22.6 Å². The monoisotopic (exact) mass is 372 g/mol. The van der Waals surface area contributed by atoms with Crippen molar-refractivity contribution in [1.82, 2.24) is 9.47 Å². The molecule has 2 aromatic rings. The summed E-state index contributed by atoms with van der Waals surface area (Å²) < 4.78 is 57.1. The van der Waals surface area contributed by atoms with Gasteiger partial charge in [0.15, 0.2) is 5.78 Å². The number of ketones is 1. The van der Waals surface area contributed by atoms with Crippen molar-refractivity contribution in [1.29, 1.82) is 0 Å². The number of hydrogen-bond acceptors (Lipinski definition) is 3. The van der Waals surface area contributed by atoms with E-state index in [-0.39, 0.29) is 36.0 Å². The Balaban J connectivity index is 2.08. The van der Waals surface area contributed by atoms with Crippen LogP contribution >= 0.6 is 0 Å². The number of fused-ring (bicyclic) bond motifs is 1. The largest absolute Gasteiger partial charge is 0.574 e. The Kier molecular flexibility index (Phi) is 4.64. The van der Waals surface area contributed by atoms with Gasteiger partial charge >= 0.3 is 6.36 Å². The van der Waals surface area contributed by atoms with Gasteiger partial charge < -0.3 is 14.2 Å². The van der Waals surface area contributed by atoms with E-state index in [1.54, 1.807) is 12.1 Å². The summed E-state index contributed by atoms with van der Waals surface area (Å²) in [5, 5.41) is 0.261. The number of nitrogens with zero attached hydrogens (tertiary/aromatic N) is 2. The first-order valence-electron chi connectivity index (χ1n) is 7.97.